The molecule has 0 bridgehead atoms. The average Bonchev–Trinajstić information content (AvgIpc) is 2.03. The zero-order chi connectivity index (χ0) is 11.0. The highest BCUT2D eigenvalue weighted by Gasteiger charge is 2.37. The van der Waals surface area contributed by atoms with Gasteiger partial charge in [0.05, 0.1) is 17.6 Å². The number of hydrogen-bond donors (Lipinski definition) is 1. The quantitative estimate of drug-likeness (QED) is 0.557. The lowest BCUT2D eigenvalue weighted by Crippen LogP contribution is -2.32. The van der Waals surface area contributed by atoms with Gasteiger partial charge in [-0.05, 0) is 0 Å². The van der Waals surface area contributed by atoms with Crippen LogP contribution in [-0.4, -0.2) is 56.8 Å². The van der Waals surface area contributed by atoms with Crippen LogP contribution in [-0.2, 0) is 24.5 Å². The molecule has 8 heteroatoms. The van der Waals surface area contributed by atoms with Gasteiger partial charge < -0.3 is 5.11 Å². The largest absolute Gasteiger partial charge is 0.395 e. The predicted octanol–water partition coefficient (Wildman–Crippen LogP) is -2.24. The summed E-state index contributed by atoms with van der Waals surface area (Å²) in [6.45, 7) is -0.769. The highest BCUT2D eigenvalue weighted by molar-refractivity contribution is 7.97. The molecule has 1 saturated heterocycles. The lowest BCUT2D eigenvalue weighted by atomic mass is 10.5. The van der Waals surface area contributed by atoms with Crippen molar-refractivity contribution in [3.8, 4) is 0 Å². The molecule has 14 heavy (non-hydrogen) atoms. The molecule has 0 aromatic carbocycles. The van der Waals surface area contributed by atoms with Crippen LogP contribution < -0.4 is 0 Å². The van der Waals surface area contributed by atoms with Crippen molar-refractivity contribution in [2.75, 3.05) is 23.9 Å². The molecule has 1 aliphatic rings. The Kier molecular flexibility index (Phi) is 2.98. The monoisotopic (exact) mass is 242 g/mol. The summed E-state index contributed by atoms with van der Waals surface area (Å²) in [5.41, 5.74) is 0. The number of sulfone groups is 2. The maximum Gasteiger partial charge on any atom is 0.163 e. The van der Waals surface area contributed by atoms with Crippen LogP contribution in [0.1, 0.15) is 0 Å². The summed E-state index contributed by atoms with van der Waals surface area (Å²) in [5.74, 6) is -3.04. The molecule has 0 radical (unpaired) electrons. The number of aliphatic hydroxyl groups excluding tert-OH is 1. The number of rotatable bonds is 1. The van der Waals surface area contributed by atoms with Gasteiger partial charge in [0.2, 0.25) is 0 Å². The molecule has 0 aromatic heterocycles. The van der Waals surface area contributed by atoms with Crippen molar-refractivity contribution in [2.24, 2.45) is 0 Å². The molecule has 0 aromatic rings. The Morgan fingerprint density at radius 3 is 2.29 bits per heavy atom. The van der Waals surface area contributed by atoms with E-state index in [0.717, 1.165) is 0 Å². The first-order valence-electron chi connectivity index (χ1n) is 3.81. The number of carbonyl (C=O) groups excluding carboxylic acids is 1. The fourth-order valence-corrected chi connectivity index (χ4v) is 5.22. The molecule has 0 amide bonds. The van der Waals surface area contributed by atoms with E-state index in [0.29, 0.717) is 0 Å². The third-order valence-corrected chi connectivity index (χ3v) is 5.83. The fraction of sp³-hybridized carbons (Fsp3) is 0.833. The number of Topliss-reactive ketones (excluding diaryl/α,β-unsaturated/α-hetero) is 1. The van der Waals surface area contributed by atoms with Crippen molar-refractivity contribution in [1.29, 1.82) is 0 Å². The minimum atomic E-state index is -3.81. The Morgan fingerprint density at radius 2 is 1.79 bits per heavy atom. The van der Waals surface area contributed by atoms with Gasteiger partial charge in [0, 0.05) is 0 Å². The Labute approximate surface area is 81.8 Å². The smallest absolute Gasteiger partial charge is 0.163 e. The third-order valence-electron chi connectivity index (χ3n) is 1.89. The SMILES string of the molecule is O=C1CS(=O)(=O)CC(CO)S(=O)(=O)C1. The zero-order valence-corrected chi connectivity index (χ0v) is 8.84. The lowest BCUT2D eigenvalue weighted by molar-refractivity contribution is -0.114. The van der Waals surface area contributed by atoms with Crippen molar-refractivity contribution in [2.45, 2.75) is 5.25 Å². The summed E-state index contributed by atoms with van der Waals surface area (Å²) in [6.07, 6.45) is 0. The number of aliphatic hydroxyl groups is 1. The van der Waals surface area contributed by atoms with E-state index in [-0.39, 0.29) is 0 Å². The van der Waals surface area contributed by atoms with Gasteiger partial charge >= 0.3 is 0 Å². The second-order valence-electron chi connectivity index (χ2n) is 3.21. The van der Waals surface area contributed by atoms with Crippen molar-refractivity contribution in [3.05, 3.63) is 0 Å². The summed E-state index contributed by atoms with van der Waals surface area (Å²) in [7, 11) is -7.50. The molecule has 6 nitrogen and oxygen atoms in total. The van der Waals surface area contributed by atoms with Gasteiger partial charge in [-0.25, -0.2) is 16.8 Å². The van der Waals surface area contributed by atoms with Gasteiger partial charge in [0.15, 0.2) is 25.5 Å². The molecule has 1 heterocycles. The Bertz CT molecular complexity index is 431. The van der Waals surface area contributed by atoms with Gasteiger partial charge in [-0.2, -0.15) is 0 Å². The van der Waals surface area contributed by atoms with E-state index in [1.165, 1.54) is 0 Å². The van der Waals surface area contributed by atoms with E-state index >= 15 is 0 Å². The first kappa shape index (κ1) is 11.6. The Hall–Kier alpha value is -0.470. The first-order valence-corrected chi connectivity index (χ1v) is 7.35. The van der Waals surface area contributed by atoms with Gasteiger partial charge in [0.25, 0.3) is 0 Å². The molecule has 1 atom stereocenters. The van der Waals surface area contributed by atoms with Crippen molar-refractivity contribution >= 4 is 25.5 Å². The van der Waals surface area contributed by atoms with Crippen molar-refractivity contribution in [1.82, 2.24) is 0 Å². The van der Waals surface area contributed by atoms with Crippen LogP contribution in [0.4, 0.5) is 0 Å². The first-order chi connectivity index (χ1) is 6.27. The van der Waals surface area contributed by atoms with Gasteiger partial charge in [-0.3, -0.25) is 4.79 Å². The summed E-state index contributed by atoms with van der Waals surface area (Å²) in [4.78, 5) is 10.9. The van der Waals surface area contributed by atoms with Gasteiger partial charge in [0.1, 0.15) is 11.5 Å². The predicted molar refractivity (Wildman–Crippen MR) is 48.3 cm³/mol. The highest BCUT2D eigenvalue weighted by Crippen LogP contribution is 2.12. The summed E-state index contributed by atoms with van der Waals surface area (Å²) in [6, 6.07) is 0. The second kappa shape index (κ2) is 3.59. The van der Waals surface area contributed by atoms with Crippen LogP contribution in [0, 0.1) is 0 Å². The van der Waals surface area contributed by atoms with E-state index in [2.05, 4.69) is 0 Å². The molecule has 1 N–H and O–H groups in total. The molecule has 1 fully saturated rings. The molecule has 0 spiro atoms. The second-order valence-corrected chi connectivity index (χ2v) is 7.60. The molecular formula is C6H10O6S2. The zero-order valence-electron chi connectivity index (χ0n) is 7.21. The normalized spacial score (nSPS) is 30.9. The minimum absolute atomic E-state index is 0.669. The van der Waals surface area contributed by atoms with Gasteiger partial charge in [-0.15, -0.1) is 0 Å². The number of carbonyl (C=O) groups is 1. The summed E-state index contributed by atoms with van der Waals surface area (Å²) >= 11 is 0. The minimum Gasteiger partial charge on any atom is -0.395 e. The third kappa shape index (κ3) is 2.52. The van der Waals surface area contributed by atoms with E-state index in [1.54, 1.807) is 0 Å². The maximum atomic E-state index is 11.3. The van der Waals surface area contributed by atoms with Crippen LogP contribution in [0.5, 0.6) is 0 Å². The Balaban J connectivity index is 3.16. The average molecular weight is 242 g/mol. The Morgan fingerprint density at radius 1 is 1.21 bits per heavy atom. The fourth-order valence-electron chi connectivity index (χ4n) is 1.24. The molecule has 1 aliphatic heterocycles. The number of hydrogen-bond acceptors (Lipinski definition) is 6. The van der Waals surface area contributed by atoms with Crippen LogP contribution in [0.3, 0.4) is 0 Å². The standard InChI is InChI=1S/C6H10O6S2/c7-1-6-4-13(9,10)2-5(8)3-14(6,11)12/h6-7H,1-4H2. The van der Waals surface area contributed by atoms with E-state index in [4.69, 9.17) is 5.11 Å². The molecular weight excluding hydrogens is 232 g/mol. The van der Waals surface area contributed by atoms with E-state index < -0.39 is 54.6 Å². The van der Waals surface area contributed by atoms with Crippen LogP contribution >= 0.6 is 0 Å². The molecule has 82 valence electrons. The van der Waals surface area contributed by atoms with E-state index in [9.17, 15) is 21.6 Å². The molecule has 1 unspecified atom stereocenters. The van der Waals surface area contributed by atoms with Crippen LogP contribution in [0.2, 0.25) is 0 Å². The van der Waals surface area contributed by atoms with Crippen molar-refractivity contribution < 1.29 is 26.7 Å². The molecule has 0 aliphatic carbocycles. The van der Waals surface area contributed by atoms with Crippen molar-refractivity contribution in [3.63, 3.8) is 0 Å². The lowest BCUT2D eigenvalue weighted by Gasteiger charge is -2.09. The molecule has 1 rings (SSSR count). The maximum absolute atomic E-state index is 11.3. The van der Waals surface area contributed by atoms with Crippen LogP contribution in [0.25, 0.3) is 0 Å². The van der Waals surface area contributed by atoms with Gasteiger partial charge in [-0.1, -0.05) is 0 Å². The van der Waals surface area contributed by atoms with Crippen LogP contribution in [0.15, 0.2) is 0 Å². The summed E-state index contributed by atoms with van der Waals surface area (Å²) in [5, 5.41) is 7.35. The highest BCUT2D eigenvalue weighted by atomic mass is 32.2. The topological polar surface area (TPSA) is 106 Å². The number of ketones is 1. The summed E-state index contributed by atoms with van der Waals surface area (Å²) < 4.78 is 44.9. The van der Waals surface area contributed by atoms with E-state index in [1.807, 2.05) is 0 Å². The molecule has 0 saturated carbocycles.